The second-order valence-corrected chi connectivity index (χ2v) is 6.26. The molecule has 0 fully saturated rings. The molecule has 120 valence electrons. The van der Waals surface area contributed by atoms with Crippen molar-refractivity contribution in [1.82, 2.24) is 19.9 Å². The van der Waals surface area contributed by atoms with Gasteiger partial charge in [-0.1, -0.05) is 0 Å². The van der Waals surface area contributed by atoms with Crippen LogP contribution in [0.5, 0.6) is 5.75 Å². The number of rotatable bonds is 5. The number of fused-ring (bicyclic) bond motifs is 1. The molecule has 0 aliphatic carbocycles. The van der Waals surface area contributed by atoms with E-state index in [1.165, 1.54) is 5.56 Å². The first-order valence-electron chi connectivity index (χ1n) is 7.68. The predicted molar refractivity (Wildman–Crippen MR) is 95.4 cm³/mol. The Morgan fingerprint density at radius 3 is 2.92 bits per heavy atom. The minimum absolute atomic E-state index is 0.752. The highest BCUT2D eigenvalue weighted by atomic mass is 32.1. The van der Waals surface area contributed by atoms with Gasteiger partial charge in [-0.2, -0.15) is 11.3 Å². The van der Waals surface area contributed by atoms with Gasteiger partial charge in [0.25, 0.3) is 0 Å². The molecule has 4 heterocycles. The van der Waals surface area contributed by atoms with Gasteiger partial charge in [-0.05, 0) is 40.9 Å². The van der Waals surface area contributed by atoms with Crippen molar-refractivity contribution in [3.8, 4) is 16.9 Å². The summed E-state index contributed by atoms with van der Waals surface area (Å²) in [5, 5.41) is 4.19. The van der Waals surface area contributed by atoms with E-state index in [9.17, 15) is 0 Å². The number of thiophene rings is 1. The number of H-pyrrole nitrogens is 1. The molecule has 0 aromatic carbocycles. The first-order valence-corrected chi connectivity index (χ1v) is 8.62. The molecule has 4 aromatic heterocycles. The second-order valence-electron chi connectivity index (χ2n) is 5.48. The van der Waals surface area contributed by atoms with Crippen molar-refractivity contribution in [2.45, 2.75) is 12.8 Å². The number of imidazole rings is 1. The highest BCUT2D eigenvalue weighted by Crippen LogP contribution is 2.24. The van der Waals surface area contributed by atoms with Crippen LogP contribution in [-0.2, 0) is 12.8 Å². The Morgan fingerprint density at radius 2 is 2.08 bits per heavy atom. The number of hydrogen-bond donors (Lipinski definition) is 1. The van der Waals surface area contributed by atoms with Gasteiger partial charge in [0.05, 0.1) is 12.6 Å². The third-order valence-electron chi connectivity index (χ3n) is 3.88. The van der Waals surface area contributed by atoms with Crippen molar-refractivity contribution in [2.24, 2.45) is 0 Å². The van der Waals surface area contributed by atoms with Gasteiger partial charge < -0.3 is 9.72 Å². The standard InChI is InChI=1S/C18H16N4OS/c1-23-15-4-6-19-14(9-15)2-3-17-21-16-8-13(10-20-18(16)22-17)12-5-7-24-11-12/h4-11H,2-3H2,1H3,(H,20,21,22). The molecule has 24 heavy (non-hydrogen) atoms. The van der Waals surface area contributed by atoms with Gasteiger partial charge >= 0.3 is 0 Å². The Kier molecular flexibility index (Phi) is 3.96. The zero-order valence-corrected chi connectivity index (χ0v) is 14.0. The maximum Gasteiger partial charge on any atom is 0.177 e. The van der Waals surface area contributed by atoms with Gasteiger partial charge in [-0.3, -0.25) is 4.98 Å². The second kappa shape index (κ2) is 6.41. The van der Waals surface area contributed by atoms with Gasteiger partial charge in [-0.15, -0.1) is 0 Å². The number of nitrogens with one attached hydrogen (secondary N) is 1. The van der Waals surface area contributed by atoms with Gasteiger partial charge in [0.15, 0.2) is 5.65 Å². The molecule has 0 radical (unpaired) electrons. The van der Waals surface area contributed by atoms with Gasteiger partial charge in [-0.25, -0.2) is 9.97 Å². The van der Waals surface area contributed by atoms with Crippen LogP contribution >= 0.6 is 11.3 Å². The number of aryl methyl sites for hydroxylation is 2. The van der Waals surface area contributed by atoms with Crippen molar-refractivity contribution >= 4 is 22.5 Å². The van der Waals surface area contributed by atoms with Crippen LogP contribution in [0.3, 0.4) is 0 Å². The summed E-state index contributed by atoms with van der Waals surface area (Å²) in [5.41, 5.74) is 5.00. The maximum atomic E-state index is 5.23. The first kappa shape index (κ1) is 14.8. The molecule has 0 unspecified atom stereocenters. The zero-order chi connectivity index (χ0) is 16.4. The highest BCUT2D eigenvalue weighted by molar-refractivity contribution is 7.08. The summed E-state index contributed by atoms with van der Waals surface area (Å²) in [6, 6.07) is 8.00. The van der Waals surface area contributed by atoms with Gasteiger partial charge in [0.1, 0.15) is 11.6 Å². The van der Waals surface area contributed by atoms with E-state index < -0.39 is 0 Å². The molecule has 5 nitrogen and oxygen atoms in total. The molecule has 0 atom stereocenters. The minimum Gasteiger partial charge on any atom is -0.497 e. The van der Waals surface area contributed by atoms with Crippen LogP contribution in [0.4, 0.5) is 0 Å². The normalized spacial score (nSPS) is 11.0. The largest absolute Gasteiger partial charge is 0.497 e. The molecular weight excluding hydrogens is 320 g/mol. The van der Waals surface area contributed by atoms with Crippen molar-refractivity contribution in [2.75, 3.05) is 7.11 Å². The van der Waals surface area contributed by atoms with Crippen LogP contribution in [-0.4, -0.2) is 27.0 Å². The summed E-state index contributed by atoms with van der Waals surface area (Å²) < 4.78 is 5.23. The molecule has 0 spiro atoms. The lowest BCUT2D eigenvalue weighted by Crippen LogP contribution is -1.96. The third-order valence-corrected chi connectivity index (χ3v) is 4.57. The molecular formula is C18H16N4OS. The lowest BCUT2D eigenvalue weighted by atomic mass is 10.1. The smallest absolute Gasteiger partial charge is 0.177 e. The monoisotopic (exact) mass is 336 g/mol. The highest BCUT2D eigenvalue weighted by Gasteiger charge is 2.07. The van der Waals surface area contributed by atoms with Crippen LogP contribution < -0.4 is 4.74 Å². The molecule has 4 rings (SSSR count). The van der Waals surface area contributed by atoms with Crippen LogP contribution in [0.2, 0.25) is 0 Å². The Balaban J connectivity index is 1.54. The Morgan fingerprint density at radius 1 is 1.12 bits per heavy atom. The fourth-order valence-corrected chi connectivity index (χ4v) is 3.29. The lowest BCUT2D eigenvalue weighted by Gasteiger charge is -2.02. The number of hydrogen-bond acceptors (Lipinski definition) is 5. The van der Waals surface area contributed by atoms with Crippen molar-refractivity contribution in [3.63, 3.8) is 0 Å². The van der Waals surface area contributed by atoms with E-state index in [1.54, 1.807) is 24.6 Å². The molecule has 6 heteroatoms. The third kappa shape index (κ3) is 3.00. The molecule has 4 aromatic rings. The number of pyridine rings is 2. The average Bonchev–Trinajstić information content (AvgIpc) is 3.28. The summed E-state index contributed by atoms with van der Waals surface area (Å²) in [6.07, 6.45) is 5.22. The Labute approximate surface area is 143 Å². The van der Waals surface area contributed by atoms with E-state index in [2.05, 4.69) is 42.8 Å². The van der Waals surface area contributed by atoms with Crippen molar-refractivity contribution in [3.05, 3.63) is 58.9 Å². The topological polar surface area (TPSA) is 63.7 Å². The lowest BCUT2D eigenvalue weighted by molar-refractivity contribution is 0.413. The molecule has 0 amide bonds. The summed E-state index contributed by atoms with van der Waals surface area (Å²) >= 11 is 1.68. The zero-order valence-electron chi connectivity index (χ0n) is 13.2. The Bertz CT molecular complexity index is 962. The minimum atomic E-state index is 0.752. The van der Waals surface area contributed by atoms with E-state index in [-0.39, 0.29) is 0 Å². The number of aromatic nitrogens is 4. The first-order chi connectivity index (χ1) is 11.8. The van der Waals surface area contributed by atoms with E-state index in [0.29, 0.717) is 0 Å². The summed E-state index contributed by atoms with van der Waals surface area (Å²) in [7, 11) is 1.66. The van der Waals surface area contributed by atoms with E-state index >= 15 is 0 Å². The van der Waals surface area contributed by atoms with Crippen LogP contribution in [0.25, 0.3) is 22.3 Å². The summed E-state index contributed by atoms with van der Waals surface area (Å²) in [5.74, 6) is 1.75. The van der Waals surface area contributed by atoms with Crippen LogP contribution in [0.15, 0.2) is 47.4 Å². The molecule has 0 bridgehead atoms. The number of aromatic amines is 1. The molecule has 0 saturated heterocycles. The van der Waals surface area contributed by atoms with Crippen LogP contribution in [0, 0.1) is 0 Å². The fraction of sp³-hybridized carbons (Fsp3) is 0.167. The van der Waals surface area contributed by atoms with Crippen molar-refractivity contribution in [1.29, 1.82) is 0 Å². The molecule has 0 aliphatic heterocycles. The molecule has 0 aliphatic rings. The quantitative estimate of drug-likeness (QED) is 0.601. The summed E-state index contributed by atoms with van der Waals surface area (Å²) in [6.45, 7) is 0. The average molecular weight is 336 g/mol. The Hall–Kier alpha value is -2.73. The van der Waals surface area contributed by atoms with Crippen molar-refractivity contribution < 1.29 is 4.74 Å². The maximum absolute atomic E-state index is 5.23. The van der Waals surface area contributed by atoms with Gasteiger partial charge in [0, 0.05) is 36.1 Å². The SMILES string of the molecule is COc1ccnc(CCc2nc3ncc(-c4ccsc4)cc3[nH]2)c1. The fourth-order valence-electron chi connectivity index (χ4n) is 2.62. The summed E-state index contributed by atoms with van der Waals surface area (Å²) in [4.78, 5) is 16.8. The van der Waals surface area contributed by atoms with Gasteiger partial charge in [0.2, 0.25) is 0 Å². The van der Waals surface area contributed by atoms with Crippen LogP contribution in [0.1, 0.15) is 11.5 Å². The predicted octanol–water partition coefficient (Wildman–Crippen LogP) is 3.88. The molecule has 1 N–H and O–H groups in total. The number of methoxy groups -OCH3 is 1. The molecule has 0 saturated carbocycles. The van der Waals surface area contributed by atoms with E-state index in [1.807, 2.05) is 18.3 Å². The number of nitrogens with zero attached hydrogens (tertiary/aromatic N) is 3. The van der Waals surface area contributed by atoms with E-state index in [4.69, 9.17) is 4.74 Å². The van der Waals surface area contributed by atoms with E-state index in [0.717, 1.165) is 46.8 Å². The number of ether oxygens (including phenoxy) is 1.